The standard InChI is InChI=1S/C14H8ClF3INO/c15-9-3-1-8(2-4-9)13(21)20-10-5-6-12(19)11(7-10)14(16,17)18/h1-7H,(H,20,21). The Balaban J connectivity index is 2.24. The van der Waals surface area contributed by atoms with Crippen molar-refractivity contribution in [3.05, 3.63) is 62.2 Å². The highest BCUT2D eigenvalue weighted by Gasteiger charge is 2.33. The highest BCUT2D eigenvalue weighted by molar-refractivity contribution is 14.1. The Morgan fingerprint density at radius 3 is 2.29 bits per heavy atom. The van der Waals surface area contributed by atoms with Gasteiger partial charge < -0.3 is 5.32 Å². The van der Waals surface area contributed by atoms with E-state index in [1.54, 1.807) is 22.6 Å². The number of amides is 1. The van der Waals surface area contributed by atoms with Crippen LogP contribution < -0.4 is 5.32 Å². The Labute approximate surface area is 137 Å². The largest absolute Gasteiger partial charge is 0.417 e. The second-order valence-electron chi connectivity index (χ2n) is 4.15. The molecule has 0 aliphatic heterocycles. The zero-order chi connectivity index (χ0) is 15.6. The Morgan fingerprint density at radius 2 is 1.71 bits per heavy atom. The second-order valence-corrected chi connectivity index (χ2v) is 5.75. The fourth-order valence-electron chi connectivity index (χ4n) is 1.62. The minimum Gasteiger partial charge on any atom is -0.322 e. The van der Waals surface area contributed by atoms with Crippen molar-refractivity contribution in [2.45, 2.75) is 6.18 Å². The van der Waals surface area contributed by atoms with E-state index in [1.165, 1.54) is 36.4 Å². The number of nitrogens with one attached hydrogen (secondary N) is 1. The summed E-state index contributed by atoms with van der Waals surface area (Å²) in [5.41, 5.74) is -0.383. The van der Waals surface area contributed by atoms with Gasteiger partial charge in [0.2, 0.25) is 0 Å². The molecule has 0 heterocycles. The molecule has 1 N–H and O–H groups in total. The molecule has 0 radical (unpaired) electrons. The van der Waals surface area contributed by atoms with E-state index in [2.05, 4.69) is 5.32 Å². The van der Waals surface area contributed by atoms with E-state index in [1.807, 2.05) is 0 Å². The third-order valence-corrected chi connectivity index (χ3v) is 3.83. The van der Waals surface area contributed by atoms with Crippen molar-refractivity contribution in [3.63, 3.8) is 0 Å². The van der Waals surface area contributed by atoms with Crippen LogP contribution in [0.3, 0.4) is 0 Å². The van der Waals surface area contributed by atoms with Gasteiger partial charge >= 0.3 is 6.18 Å². The molecule has 0 aliphatic carbocycles. The SMILES string of the molecule is O=C(Nc1ccc(I)c(C(F)(F)F)c1)c1ccc(Cl)cc1. The Kier molecular flexibility index (Phi) is 4.77. The lowest BCUT2D eigenvalue weighted by molar-refractivity contribution is -0.138. The van der Waals surface area contributed by atoms with Gasteiger partial charge in [0.25, 0.3) is 5.91 Å². The summed E-state index contributed by atoms with van der Waals surface area (Å²) in [6.07, 6.45) is -4.46. The molecule has 0 saturated heterocycles. The maximum Gasteiger partial charge on any atom is 0.417 e. The summed E-state index contributed by atoms with van der Waals surface area (Å²) in [5, 5.41) is 2.90. The van der Waals surface area contributed by atoms with E-state index in [0.29, 0.717) is 10.6 Å². The highest BCUT2D eigenvalue weighted by Crippen LogP contribution is 2.34. The van der Waals surface area contributed by atoms with Crippen LogP contribution in [0.2, 0.25) is 5.02 Å². The van der Waals surface area contributed by atoms with Gasteiger partial charge in [0, 0.05) is 19.8 Å². The summed E-state index contributed by atoms with van der Waals surface area (Å²) in [6, 6.07) is 9.70. The van der Waals surface area contributed by atoms with Crippen molar-refractivity contribution in [2.24, 2.45) is 0 Å². The van der Waals surface area contributed by atoms with Crippen molar-refractivity contribution in [3.8, 4) is 0 Å². The first-order chi connectivity index (χ1) is 9.77. The molecule has 0 aromatic heterocycles. The van der Waals surface area contributed by atoms with E-state index in [4.69, 9.17) is 11.6 Å². The molecule has 0 saturated carbocycles. The van der Waals surface area contributed by atoms with Crippen molar-refractivity contribution < 1.29 is 18.0 Å². The molecule has 0 bridgehead atoms. The molecule has 1 amide bonds. The molecule has 2 aromatic rings. The number of anilines is 1. The van der Waals surface area contributed by atoms with Crippen LogP contribution in [0.5, 0.6) is 0 Å². The number of alkyl halides is 3. The minimum atomic E-state index is -4.46. The van der Waals surface area contributed by atoms with Gasteiger partial charge in [-0.25, -0.2) is 0 Å². The van der Waals surface area contributed by atoms with Crippen LogP contribution in [0.15, 0.2) is 42.5 Å². The van der Waals surface area contributed by atoms with Crippen LogP contribution in [0.4, 0.5) is 18.9 Å². The van der Waals surface area contributed by atoms with Crippen LogP contribution >= 0.6 is 34.2 Å². The Morgan fingerprint density at radius 1 is 1.10 bits per heavy atom. The second kappa shape index (κ2) is 6.23. The van der Waals surface area contributed by atoms with Crippen molar-refractivity contribution >= 4 is 45.8 Å². The molecule has 0 spiro atoms. The van der Waals surface area contributed by atoms with E-state index in [-0.39, 0.29) is 9.26 Å². The Bertz CT molecular complexity index is 671. The molecule has 2 aromatic carbocycles. The fourth-order valence-corrected chi connectivity index (χ4v) is 2.39. The first kappa shape index (κ1) is 16.1. The van der Waals surface area contributed by atoms with Crippen molar-refractivity contribution in [1.82, 2.24) is 0 Å². The van der Waals surface area contributed by atoms with Gasteiger partial charge in [0.15, 0.2) is 0 Å². The first-order valence-corrected chi connectivity index (χ1v) is 7.17. The lowest BCUT2D eigenvalue weighted by Crippen LogP contribution is -2.14. The predicted molar refractivity (Wildman–Crippen MR) is 83.6 cm³/mol. The fraction of sp³-hybridized carbons (Fsp3) is 0.0714. The molecule has 0 aliphatic rings. The summed E-state index contributed by atoms with van der Waals surface area (Å²) < 4.78 is 38.5. The number of halogens is 5. The molecular weight excluding hydrogens is 418 g/mol. The lowest BCUT2D eigenvalue weighted by Gasteiger charge is -2.12. The molecular formula is C14H8ClF3INO. The molecule has 7 heteroatoms. The number of carbonyl (C=O) groups is 1. The zero-order valence-corrected chi connectivity index (χ0v) is 13.3. The van der Waals surface area contributed by atoms with Crippen LogP contribution in [0.1, 0.15) is 15.9 Å². The van der Waals surface area contributed by atoms with E-state index in [9.17, 15) is 18.0 Å². The number of hydrogen-bond donors (Lipinski definition) is 1. The maximum absolute atomic E-state index is 12.8. The molecule has 110 valence electrons. The van der Waals surface area contributed by atoms with Crippen LogP contribution in [0, 0.1) is 3.57 Å². The summed E-state index contributed by atoms with van der Waals surface area (Å²) in [6.45, 7) is 0. The maximum atomic E-state index is 12.8. The average molecular weight is 426 g/mol. The summed E-state index contributed by atoms with van der Waals surface area (Å²) in [4.78, 5) is 11.9. The van der Waals surface area contributed by atoms with E-state index < -0.39 is 17.6 Å². The molecule has 0 fully saturated rings. The normalized spacial score (nSPS) is 11.3. The Hall–Kier alpha value is -1.28. The van der Waals surface area contributed by atoms with Gasteiger partial charge in [-0.15, -0.1) is 0 Å². The number of carbonyl (C=O) groups excluding carboxylic acids is 1. The minimum absolute atomic E-state index is 0.0737. The highest BCUT2D eigenvalue weighted by atomic mass is 127. The zero-order valence-electron chi connectivity index (χ0n) is 10.3. The smallest absolute Gasteiger partial charge is 0.322 e. The monoisotopic (exact) mass is 425 g/mol. The van der Waals surface area contributed by atoms with Crippen LogP contribution in [-0.2, 0) is 6.18 Å². The summed E-state index contributed by atoms with van der Waals surface area (Å²) in [5.74, 6) is -0.499. The molecule has 0 atom stereocenters. The quantitative estimate of drug-likeness (QED) is 0.657. The van der Waals surface area contributed by atoms with Crippen LogP contribution in [-0.4, -0.2) is 5.91 Å². The van der Waals surface area contributed by atoms with Crippen LogP contribution in [0.25, 0.3) is 0 Å². The van der Waals surface area contributed by atoms with Gasteiger partial charge in [-0.1, -0.05) is 11.6 Å². The van der Waals surface area contributed by atoms with Gasteiger partial charge in [-0.3, -0.25) is 4.79 Å². The molecule has 0 unspecified atom stereocenters. The van der Waals surface area contributed by atoms with Gasteiger partial charge in [0.05, 0.1) is 5.56 Å². The third-order valence-electron chi connectivity index (χ3n) is 2.64. The van der Waals surface area contributed by atoms with E-state index >= 15 is 0 Å². The van der Waals surface area contributed by atoms with Crippen molar-refractivity contribution in [2.75, 3.05) is 5.32 Å². The number of rotatable bonds is 2. The van der Waals surface area contributed by atoms with Gasteiger partial charge in [0.1, 0.15) is 0 Å². The first-order valence-electron chi connectivity index (χ1n) is 5.71. The molecule has 2 nitrogen and oxygen atoms in total. The topological polar surface area (TPSA) is 29.1 Å². The number of benzene rings is 2. The van der Waals surface area contributed by atoms with E-state index in [0.717, 1.165) is 6.07 Å². The summed E-state index contributed by atoms with van der Waals surface area (Å²) >= 11 is 7.31. The summed E-state index contributed by atoms with van der Waals surface area (Å²) in [7, 11) is 0. The third kappa shape index (κ3) is 4.10. The predicted octanol–water partition coefficient (Wildman–Crippen LogP) is 5.22. The van der Waals surface area contributed by atoms with Crippen molar-refractivity contribution in [1.29, 1.82) is 0 Å². The average Bonchev–Trinajstić information content (AvgIpc) is 2.40. The lowest BCUT2D eigenvalue weighted by atomic mass is 10.1. The van der Waals surface area contributed by atoms with Gasteiger partial charge in [-0.2, -0.15) is 13.2 Å². The number of hydrogen-bond acceptors (Lipinski definition) is 1. The molecule has 21 heavy (non-hydrogen) atoms. The molecule has 2 rings (SSSR count). The van der Waals surface area contributed by atoms with Gasteiger partial charge in [-0.05, 0) is 65.1 Å².